The lowest BCUT2D eigenvalue weighted by atomic mass is 9.95. The number of hydrogen-bond acceptors (Lipinski definition) is 4. The Balaban J connectivity index is 1.96. The molecule has 1 amide bonds. The Bertz CT molecular complexity index is 1330. The van der Waals surface area contributed by atoms with E-state index in [0.717, 1.165) is 11.0 Å². The van der Waals surface area contributed by atoms with Crippen LogP contribution in [0, 0.1) is 5.82 Å². The molecule has 0 aliphatic carbocycles. The Morgan fingerprint density at radius 3 is 2.45 bits per heavy atom. The highest BCUT2D eigenvalue weighted by atomic mass is 79.9. The normalized spacial score (nSPS) is 17.5. The number of halogens is 4. The third kappa shape index (κ3) is 4.24. The summed E-state index contributed by atoms with van der Waals surface area (Å²) < 4.78 is 19.7. The number of rotatable bonds is 4. The van der Waals surface area contributed by atoms with Gasteiger partial charge >= 0.3 is 0 Å². The Hall–Kier alpha value is -2.87. The van der Waals surface area contributed by atoms with Crippen LogP contribution < -0.4 is 9.64 Å². The Labute approximate surface area is 207 Å². The minimum Gasteiger partial charge on any atom is -0.507 e. The fourth-order valence-corrected chi connectivity index (χ4v) is 4.54. The molecule has 0 spiro atoms. The number of benzene rings is 3. The van der Waals surface area contributed by atoms with Crippen LogP contribution in [-0.2, 0) is 9.59 Å². The van der Waals surface area contributed by atoms with Crippen molar-refractivity contribution < 1.29 is 23.8 Å². The summed E-state index contributed by atoms with van der Waals surface area (Å²) in [6.45, 7) is 0. The average molecular weight is 551 g/mol. The van der Waals surface area contributed by atoms with Crippen molar-refractivity contribution in [3.8, 4) is 5.75 Å². The van der Waals surface area contributed by atoms with Crippen molar-refractivity contribution in [3.63, 3.8) is 0 Å². The zero-order valence-corrected chi connectivity index (χ0v) is 20.1. The van der Waals surface area contributed by atoms with Crippen molar-refractivity contribution >= 4 is 62.3 Å². The number of aliphatic hydroxyl groups excluding tert-OH is 1. The van der Waals surface area contributed by atoms with E-state index in [2.05, 4.69) is 15.9 Å². The van der Waals surface area contributed by atoms with Crippen molar-refractivity contribution in [1.82, 2.24) is 0 Å². The highest BCUT2D eigenvalue weighted by molar-refractivity contribution is 9.10. The van der Waals surface area contributed by atoms with Gasteiger partial charge in [0.05, 0.1) is 33.2 Å². The Morgan fingerprint density at radius 1 is 1.06 bits per heavy atom. The summed E-state index contributed by atoms with van der Waals surface area (Å²) in [6.07, 6.45) is 0. The first-order valence-corrected chi connectivity index (χ1v) is 11.1. The lowest BCUT2D eigenvalue weighted by Crippen LogP contribution is -2.29. The van der Waals surface area contributed by atoms with Gasteiger partial charge in [-0.3, -0.25) is 14.5 Å². The molecule has 0 radical (unpaired) electrons. The van der Waals surface area contributed by atoms with Gasteiger partial charge < -0.3 is 9.84 Å². The van der Waals surface area contributed by atoms with E-state index in [4.69, 9.17) is 27.9 Å². The van der Waals surface area contributed by atoms with E-state index in [1.54, 1.807) is 24.3 Å². The third-order valence-electron chi connectivity index (χ3n) is 5.22. The molecule has 1 fully saturated rings. The number of anilines is 1. The van der Waals surface area contributed by atoms with E-state index in [0.29, 0.717) is 15.8 Å². The first-order chi connectivity index (χ1) is 15.7. The predicted octanol–water partition coefficient (Wildman–Crippen LogP) is 6.53. The molecule has 0 aromatic heterocycles. The molecule has 0 bridgehead atoms. The van der Waals surface area contributed by atoms with Crippen LogP contribution >= 0.6 is 39.1 Å². The van der Waals surface area contributed by atoms with Crippen molar-refractivity contribution in [2.24, 2.45) is 0 Å². The molecule has 5 nitrogen and oxygen atoms in total. The lowest BCUT2D eigenvalue weighted by molar-refractivity contribution is -0.132. The maximum Gasteiger partial charge on any atom is 0.300 e. The number of ether oxygens (including phenoxy) is 1. The number of aliphatic hydroxyl groups is 1. The smallest absolute Gasteiger partial charge is 0.300 e. The second-order valence-electron chi connectivity index (χ2n) is 7.17. The number of carbonyl (C=O) groups is 2. The van der Waals surface area contributed by atoms with Gasteiger partial charge in [0.1, 0.15) is 17.3 Å². The third-order valence-corrected chi connectivity index (χ3v) is 6.57. The molecule has 1 unspecified atom stereocenters. The van der Waals surface area contributed by atoms with Crippen LogP contribution in [-0.4, -0.2) is 23.9 Å². The van der Waals surface area contributed by atoms with E-state index in [-0.39, 0.29) is 26.9 Å². The molecule has 1 aliphatic heterocycles. The minimum atomic E-state index is -1.07. The van der Waals surface area contributed by atoms with Crippen LogP contribution in [0.25, 0.3) is 5.76 Å². The maximum atomic E-state index is 14.0. The molecular weight excluding hydrogens is 536 g/mol. The lowest BCUT2D eigenvalue weighted by Gasteiger charge is -2.25. The van der Waals surface area contributed by atoms with E-state index < -0.39 is 29.3 Å². The maximum absolute atomic E-state index is 14.0. The summed E-state index contributed by atoms with van der Waals surface area (Å²) in [6, 6.07) is 13.6. The number of hydrogen-bond donors (Lipinski definition) is 1. The molecule has 1 aliphatic rings. The number of methoxy groups -OCH3 is 1. The molecule has 0 saturated carbocycles. The standard InChI is InChI=1S/C24H15BrCl2FNO4/c1-33-19-8-6-13(9-16(19)25)22(30)20-21(12-5-7-17(26)18(27)10-12)29(24(32)23(20)31)15-4-2-3-14(28)11-15/h2-11,21,30H,1H3/b22-20-. The van der Waals surface area contributed by atoms with Gasteiger partial charge in [-0.1, -0.05) is 35.3 Å². The van der Waals surface area contributed by atoms with Crippen molar-refractivity contribution in [2.45, 2.75) is 6.04 Å². The van der Waals surface area contributed by atoms with Gasteiger partial charge in [-0.2, -0.15) is 0 Å². The molecule has 3 aromatic rings. The Morgan fingerprint density at radius 2 is 1.82 bits per heavy atom. The monoisotopic (exact) mass is 549 g/mol. The summed E-state index contributed by atoms with van der Waals surface area (Å²) in [5.74, 6) is -2.29. The number of ketones is 1. The summed E-state index contributed by atoms with van der Waals surface area (Å²) in [7, 11) is 1.49. The number of nitrogens with zero attached hydrogens (tertiary/aromatic N) is 1. The molecule has 4 rings (SSSR count). The zero-order chi connectivity index (χ0) is 23.9. The van der Waals surface area contributed by atoms with Gasteiger partial charge in [0.15, 0.2) is 0 Å². The van der Waals surface area contributed by atoms with Gasteiger partial charge in [0, 0.05) is 11.3 Å². The molecule has 33 heavy (non-hydrogen) atoms. The largest absolute Gasteiger partial charge is 0.507 e. The summed E-state index contributed by atoms with van der Waals surface area (Å²) >= 11 is 15.6. The molecule has 1 heterocycles. The number of amides is 1. The summed E-state index contributed by atoms with van der Waals surface area (Å²) in [5.41, 5.74) is 0.690. The molecule has 3 aromatic carbocycles. The van der Waals surface area contributed by atoms with Crippen molar-refractivity contribution in [3.05, 3.63) is 97.7 Å². The quantitative estimate of drug-likeness (QED) is 0.228. The topological polar surface area (TPSA) is 66.8 Å². The minimum absolute atomic E-state index is 0.156. The predicted molar refractivity (Wildman–Crippen MR) is 128 cm³/mol. The van der Waals surface area contributed by atoms with Gasteiger partial charge in [-0.15, -0.1) is 0 Å². The second kappa shape index (κ2) is 9.17. The molecule has 168 valence electrons. The van der Waals surface area contributed by atoms with Crippen LogP contribution in [0.3, 0.4) is 0 Å². The zero-order valence-electron chi connectivity index (χ0n) is 17.0. The van der Waals surface area contributed by atoms with E-state index in [1.807, 2.05) is 0 Å². The molecular formula is C24H15BrCl2FNO4. The van der Waals surface area contributed by atoms with Crippen molar-refractivity contribution in [1.29, 1.82) is 0 Å². The fourth-order valence-electron chi connectivity index (χ4n) is 3.69. The average Bonchev–Trinajstić information content (AvgIpc) is 3.05. The van der Waals surface area contributed by atoms with Gasteiger partial charge in [0.25, 0.3) is 11.7 Å². The van der Waals surface area contributed by atoms with E-state index in [1.165, 1.54) is 37.4 Å². The van der Waals surface area contributed by atoms with E-state index in [9.17, 15) is 19.1 Å². The highest BCUT2D eigenvalue weighted by Crippen LogP contribution is 2.44. The molecule has 1 N–H and O–H groups in total. The fraction of sp³-hybridized carbons (Fsp3) is 0.0833. The van der Waals surface area contributed by atoms with Gasteiger partial charge in [-0.25, -0.2) is 4.39 Å². The van der Waals surface area contributed by atoms with Crippen LogP contribution in [0.2, 0.25) is 10.0 Å². The summed E-state index contributed by atoms with van der Waals surface area (Å²) in [4.78, 5) is 27.4. The summed E-state index contributed by atoms with van der Waals surface area (Å²) in [5, 5.41) is 11.6. The second-order valence-corrected chi connectivity index (χ2v) is 8.84. The highest BCUT2D eigenvalue weighted by Gasteiger charge is 2.47. The SMILES string of the molecule is COc1ccc(/C(O)=C2/C(=O)C(=O)N(c3cccc(F)c3)C2c2ccc(Cl)c(Cl)c2)cc1Br. The van der Waals surface area contributed by atoms with Gasteiger partial charge in [0.2, 0.25) is 0 Å². The first-order valence-electron chi connectivity index (χ1n) is 9.58. The van der Waals surface area contributed by atoms with Crippen LogP contribution in [0.15, 0.2) is 70.7 Å². The van der Waals surface area contributed by atoms with Crippen LogP contribution in [0.4, 0.5) is 10.1 Å². The molecule has 1 saturated heterocycles. The van der Waals surface area contributed by atoms with E-state index >= 15 is 0 Å². The molecule has 9 heteroatoms. The van der Waals surface area contributed by atoms with Crippen LogP contribution in [0.5, 0.6) is 5.75 Å². The number of Topliss-reactive ketones (excluding diaryl/α,β-unsaturated/α-hetero) is 1. The van der Waals surface area contributed by atoms with Crippen LogP contribution in [0.1, 0.15) is 17.2 Å². The van der Waals surface area contributed by atoms with Gasteiger partial charge in [-0.05, 0) is 70.0 Å². The first kappa shape index (κ1) is 23.3. The molecule has 1 atom stereocenters. The number of carbonyl (C=O) groups excluding carboxylic acids is 2. The Kier molecular flexibility index (Phi) is 6.47. The van der Waals surface area contributed by atoms with Crippen molar-refractivity contribution in [2.75, 3.05) is 12.0 Å².